The van der Waals surface area contributed by atoms with Gasteiger partial charge in [-0.15, -0.1) is 0 Å². The Balaban J connectivity index is 1.81. The molecule has 0 aliphatic carbocycles. The molecule has 2 heterocycles. The van der Waals surface area contributed by atoms with Crippen LogP contribution in [0.25, 0.3) is 10.9 Å². The van der Waals surface area contributed by atoms with Crippen molar-refractivity contribution in [2.45, 2.75) is 25.6 Å². The summed E-state index contributed by atoms with van der Waals surface area (Å²) in [6.07, 6.45) is 4.20. The fourth-order valence-corrected chi connectivity index (χ4v) is 3.25. The third-order valence-electron chi connectivity index (χ3n) is 4.56. The lowest BCUT2D eigenvalue weighted by Crippen LogP contribution is -2.26. The first kappa shape index (κ1) is 18.2. The predicted octanol–water partition coefficient (Wildman–Crippen LogP) is 1.73. The van der Waals surface area contributed by atoms with E-state index in [1.807, 2.05) is 29.9 Å². The molecule has 3 N–H and O–H groups in total. The van der Waals surface area contributed by atoms with Crippen LogP contribution in [0.1, 0.15) is 23.7 Å². The summed E-state index contributed by atoms with van der Waals surface area (Å²) in [6.45, 7) is 1.82. The van der Waals surface area contributed by atoms with Crippen LogP contribution < -0.4 is 11.1 Å². The van der Waals surface area contributed by atoms with E-state index >= 15 is 0 Å². The van der Waals surface area contributed by atoms with E-state index in [0.717, 1.165) is 11.2 Å². The summed E-state index contributed by atoms with van der Waals surface area (Å²) in [5, 5.41) is 8.97. The second-order valence-corrected chi connectivity index (χ2v) is 6.35. The van der Waals surface area contributed by atoms with Gasteiger partial charge >= 0.3 is 0 Å². The number of carbonyl (C=O) groups is 1. The number of hydrogen-bond acceptors (Lipinski definition) is 4. The molecular weight excluding hydrogens is 330 g/mol. The lowest BCUT2D eigenvalue weighted by molar-refractivity contribution is -0.118. The molecule has 2 aromatic heterocycles. The van der Waals surface area contributed by atoms with Crippen LogP contribution in [0, 0.1) is 0 Å². The predicted molar refractivity (Wildman–Crippen MR) is 100 cm³/mol. The molecule has 26 heavy (non-hydrogen) atoms. The summed E-state index contributed by atoms with van der Waals surface area (Å²) in [7, 11) is 3.62. The van der Waals surface area contributed by atoms with Crippen molar-refractivity contribution in [3.8, 4) is 0 Å². The van der Waals surface area contributed by atoms with Gasteiger partial charge < -0.3 is 20.4 Å². The highest BCUT2D eigenvalue weighted by Crippen LogP contribution is 2.23. The van der Waals surface area contributed by atoms with Crippen molar-refractivity contribution >= 4 is 16.8 Å². The van der Waals surface area contributed by atoms with Gasteiger partial charge in [-0.25, -0.2) is 0 Å². The van der Waals surface area contributed by atoms with Crippen molar-refractivity contribution in [2.75, 3.05) is 13.7 Å². The maximum absolute atomic E-state index is 11.1. The minimum absolute atomic E-state index is 0.0419. The van der Waals surface area contributed by atoms with E-state index in [9.17, 15) is 4.79 Å². The molecule has 1 atom stereocenters. The van der Waals surface area contributed by atoms with E-state index in [0.29, 0.717) is 26.1 Å². The van der Waals surface area contributed by atoms with Gasteiger partial charge in [-0.1, -0.05) is 18.2 Å². The Morgan fingerprint density at radius 2 is 2.15 bits per heavy atom. The van der Waals surface area contributed by atoms with Crippen molar-refractivity contribution in [3.05, 3.63) is 54.0 Å². The Bertz CT molecular complexity index is 883. The number of carbonyl (C=O) groups excluding carboxylic acids is 1. The molecule has 138 valence electrons. The number of primary amides is 1. The number of methoxy groups -OCH3 is 1. The zero-order valence-electron chi connectivity index (χ0n) is 15.2. The zero-order valence-corrected chi connectivity index (χ0v) is 15.2. The van der Waals surface area contributed by atoms with Crippen LogP contribution in [0.3, 0.4) is 0 Å². The van der Waals surface area contributed by atoms with Gasteiger partial charge in [0.25, 0.3) is 0 Å². The standard InChI is InChI=1S/C19H25N5O2/c1-23-18(7-9-22-23)16(13-26-2)21-11-14-12-24(10-8-19(20)25)17-6-4-3-5-15(14)17/h3-7,9,12,16,21H,8,10-11,13H2,1-2H3,(H2,20,25)/t16-/m0/s1. The van der Waals surface area contributed by atoms with Crippen molar-refractivity contribution in [1.82, 2.24) is 19.7 Å². The fourth-order valence-electron chi connectivity index (χ4n) is 3.25. The smallest absolute Gasteiger partial charge is 0.219 e. The van der Waals surface area contributed by atoms with Crippen LogP contribution in [-0.4, -0.2) is 34.0 Å². The molecular formula is C19H25N5O2. The molecule has 0 bridgehead atoms. The van der Waals surface area contributed by atoms with Crippen molar-refractivity contribution in [2.24, 2.45) is 12.8 Å². The normalized spacial score (nSPS) is 12.5. The Morgan fingerprint density at radius 3 is 2.85 bits per heavy atom. The van der Waals surface area contributed by atoms with Crippen LogP contribution in [0.2, 0.25) is 0 Å². The average Bonchev–Trinajstić information content (AvgIpc) is 3.21. The summed E-state index contributed by atoms with van der Waals surface area (Å²) in [5.74, 6) is -0.293. The minimum atomic E-state index is -0.293. The number of nitrogens with one attached hydrogen (secondary N) is 1. The van der Waals surface area contributed by atoms with Gasteiger partial charge in [0, 0.05) is 57.0 Å². The van der Waals surface area contributed by atoms with Gasteiger partial charge in [0.15, 0.2) is 0 Å². The summed E-state index contributed by atoms with van der Waals surface area (Å²) in [5.41, 5.74) is 8.66. The highest BCUT2D eigenvalue weighted by atomic mass is 16.5. The van der Waals surface area contributed by atoms with E-state index in [-0.39, 0.29) is 11.9 Å². The summed E-state index contributed by atoms with van der Waals surface area (Å²) in [6, 6.07) is 10.2. The zero-order chi connectivity index (χ0) is 18.5. The van der Waals surface area contributed by atoms with E-state index in [4.69, 9.17) is 10.5 Å². The minimum Gasteiger partial charge on any atom is -0.383 e. The number of fused-ring (bicyclic) bond motifs is 1. The van der Waals surface area contributed by atoms with Gasteiger partial charge in [0.2, 0.25) is 5.91 Å². The molecule has 0 saturated carbocycles. The maximum Gasteiger partial charge on any atom is 0.219 e. The number of aromatic nitrogens is 3. The van der Waals surface area contributed by atoms with Crippen molar-refractivity contribution in [1.29, 1.82) is 0 Å². The number of ether oxygens (including phenoxy) is 1. The van der Waals surface area contributed by atoms with Gasteiger partial charge in [-0.3, -0.25) is 9.48 Å². The Morgan fingerprint density at radius 1 is 1.35 bits per heavy atom. The number of para-hydroxylation sites is 1. The number of rotatable bonds is 9. The number of hydrogen-bond donors (Lipinski definition) is 2. The summed E-state index contributed by atoms with van der Waals surface area (Å²) < 4.78 is 9.31. The molecule has 0 unspecified atom stereocenters. The van der Waals surface area contributed by atoms with E-state index < -0.39 is 0 Å². The molecule has 0 saturated heterocycles. The third-order valence-corrected chi connectivity index (χ3v) is 4.56. The first-order chi connectivity index (χ1) is 12.6. The Hall–Kier alpha value is -2.64. The molecule has 0 aliphatic heterocycles. The number of aryl methyl sites for hydroxylation is 2. The topological polar surface area (TPSA) is 87.1 Å². The van der Waals surface area contributed by atoms with Gasteiger partial charge in [0.05, 0.1) is 18.3 Å². The quantitative estimate of drug-likeness (QED) is 0.612. The molecule has 0 radical (unpaired) electrons. The van der Waals surface area contributed by atoms with E-state index in [1.54, 1.807) is 13.3 Å². The van der Waals surface area contributed by atoms with Gasteiger partial charge in [0.1, 0.15) is 0 Å². The highest BCUT2D eigenvalue weighted by Gasteiger charge is 2.16. The van der Waals surface area contributed by atoms with Crippen molar-refractivity contribution < 1.29 is 9.53 Å². The van der Waals surface area contributed by atoms with Crippen molar-refractivity contribution in [3.63, 3.8) is 0 Å². The molecule has 3 aromatic rings. The largest absolute Gasteiger partial charge is 0.383 e. The van der Waals surface area contributed by atoms with Crippen LogP contribution in [-0.2, 0) is 29.7 Å². The SMILES string of the molecule is COC[C@H](NCc1cn(CCC(N)=O)c2ccccc12)c1ccnn1C. The summed E-state index contributed by atoms with van der Waals surface area (Å²) >= 11 is 0. The summed E-state index contributed by atoms with van der Waals surface area (Å²) in [4.78, 5) is 11.1. The molecule has 1 aromatic carbocycles. The molecule has 7 heteroatoms. The number of nitrogens with zero attached hydrogens (tertiary/aromatic N) is 3. The van der Waals surface area contributed by atoms with Gasteiger partial charge in [-0.2, -0.15) is 5.10 Å². The second kappa shape index (κ2) is 8.16. The number of benzene rings is 1. The maximum atomic E-state index is 11.1. The van der Waals surface area contributed by atoms with Crippen LogP contribution in [0.5, 0.6) is 0 Å². The first-order valence-corrected chi connectivity index (χ1v) is 8.65. The van der Waals surface area contributed by atoms with Crippen LogP contribution in [0.15, 0.2) is 42.7 Å². The second-order valence-electron chi connectivity index (χ2n) is 6.35. The Kier molecular flexibility index (Phi) is 5.70. The number of nitrogens with two attached hydrogens (primary N) is 1. The molecule has 0 aliphatic rings. The van der Waals surface area contributed by atoms with E-state index in [2.05, 4.69) is 33.3 Å². The van der Waals surface area contributed by atoms with Crippen LogP contribution in [0.4, 0.5) is 0 Å². The number of amides is 1. The molecule has 0 spiro atoms. The fraction of sp³-hybridized carbons (Fsp3) is 0.368. The van der Waals surface area contributed by atoms with Crippen LogP contribution >= 0.6 is 0 Å². The molecule has 0 fully saturated rings. The molecule has 3 rings (SSSR count). The lowest BCUT2D eigenvalue weighted by atomic mass is 10.1. The third kappa shape index (κ3) is 3.95. The van der Waals surface area contributed by atoms with Gasteiger partial charge in [-0.05, 0) is 17.7 Å². The Labute approximate surface area is 152 Å². The molecule has 7 nitrogen and oxygen atoms in total. The van der Waals surface area contributed by atoms with E-state index in [1.165, 1.54) is 10.9 Å². The average molecular weight is 355 g/mol. The molecule has 1 amide bonds. The first-order valence-electron chi connectivity index (χ1n) is 8.65. The lowest BCUT2D eigenvalue weighted by Gasteiger charge is -2.18. The monoisotopic (exact) mass is 355 g/mol. The highest BCUT2D eigenvalue weighted by molar-refractivity contribution is 5.84.